The molecule has 0 bridgehead atoms. The van der Waals surface area contributed by atoms with Crippen molar-refractivity contribution >= 4 is 5.97 Å². The summed E-state index contributed by atoms with van der Waals surface area (Å²) in [5.41, 5.74) is -1.79. The Morgan fingerprint density at radius 1 is 1.12 bits per heavy atom. The summed E-state index contributed by atoms with van der Waals surface area (Å²) in [5.74, 6) is -2.13. The maximum atomic E-state index is 12.6. The van der Waals surface area contributed by atoms with Crippen molar-refractivity contribution in [1.29, 1.82) is 5.26 Å². The van der Waals surface area contributed by atoms with Crippen LogP contribution >= 0.6 is 0 Å². The molecule has 0 heterocycles. The van der Waals surface area contributed by atoms with E-state index >= 15 is 0 Å². The van der Waals surface area contributed by atoms with Crippen LogP contribution in [0.1, 0.15) is 38.2 Å². The van der Waals surface area contributed by atoms with Gasteiger partial charge in [-0.1, -0.05) is 6.07 Å². The van der Waals surface area contributed by atoms with Gasteiger partial charge in [0.25, 0.3) is 0 Å². The van der Waals surface area contributed by atoms with E-state index < -0.39 is 41.5 Å². The molecule has 1 N–H and O–H groups in total. The van der Waals surface area contributed by atoms with Crippen LogP contribution in [0.15, 0.2) is 18.2 Å². The number of aliphatic carboxylic acids is 1. The fourth-order valence-corrected chi connectivity index (χ4v) is 3.09. The van der Waals surface area contributed by atoms with Crippen molar-refractivity contribution in [2.45, 2.75) is 51.2 Å². The number of rotatable bonds is 6. The third kappa shape index (κ3) is 4.00. The van der Waals surface area contributed by atoms with Crippen LogP contribution in [0, 0.1) is 16.7 Å². The van der Waals surface area contributed by atoms with Gasteiger partial charge in [0.1, 0.15) is 0 Å². The van der Waals surface area contributed by atoms with E-state index in [2.05, 4.69) is 15.5 Å². The number of benzene rings is 1. The van der Waals surface area contributed by atoms with Crippen LogP contribution in [0.25, 0.3) is 0 Å². The Hall–Kier alpha value is -2.50. The van der Waals surface area contributed by atoms with Crippen LogP contribution in [0.2, 0.25) is 0 Å². The molecule has 0 aromatic heterocycles. The summed E-state index contributed by atoms with van der Waals surface area (Å²) in [5, 5.41) is 19.0. The number of nitriles is 1. The second-order valence-electron chi connectivity index (χ2n) is 6.48. The first kappa shape index (κ1) is 19.8. The zero-order chi connectivity index (χ0) is 19.5. The first-order chi connectivity index (χ1) is 12.1. The van der Waals surface area contributed by atoms with Gasteiger partial charge in [-0.25, -0.2) is 0 Å². The molecule has 1 aromatic rings. The van der Waals surface area contributed by atoms with Crippen molar-refractivity contribution in [1.82, 2.24) is 0 Å². The van der Waals surface area contributed by atoms with Gasteiger partial charge in [-0.3, -0.25) is 4.79 Å². The lowest BCUT2D eigenvalue weighted by atomic mass is 9.62. The Balaban J connectivity index is 2.37. The largest absolute Gasteiger partial charge is 0.481 e. The Morgan fingerprint density at radius 3 is 2.12 bits per heavy atom. The number of halogens is 4. The van der Waals surface area contributed by atoms with Gasteiger partial charge in [0.2, 0.25) is 0 Å². The van der Waals surface area contributed by atoms with Gasteiger partial charge < -0.3 is 14.6 Å². The molecular formula is C17H17F4NO4. The standard InChI is InChI=1S/C17H17F4NO4/c1-16(13(23)24)4-6-17(9-22,7-5-16)10-2-3-11(25-14(18)19)12(8-10)26-15(20)21/h2-3,8,14-15H,4-7H2,1H3,(H,23,24)/t16-,17+. The molecule has 9 heteroatoms. The second kappa shape index (κ2) is 7.40. The summed E-state index contributed by atoms with van der Waals surface area (Å²) >= 11 is 0. The van der Waals surface area contributed by atoms with E-state index in [1.165, 1.54) is 6.07 Å². The maximum absolute atomic E-state index is 12.6. The first-order valence-corrected chi connectivity index (χ1v) is 7.81. The first-order valence-electron chi connectivity index (χ1n) is 7.81. The molecule has 1 saturated carbocycles. The zero-order valence-electron chi connectivity index (χ0n) is 13.8. The molecule has 0 saturated heterocycles. The van der Waals surface area contributed by atoms with Gasteiger partial charge in [0, 0.05) is 0 Å². The Morgan fingerprint density at radius 2 is 1.65 bits per heavy atom. The third-order valence-electron chi connectivity index (χ3n) is 4.87. The number of carbonyl (C=O) groups is 1. The predicted octanol–water partition coefficient (Wildman–Crippen LogP) is 4.32. The normalized spacial score (nSPS) is 25.8. The number of hydrogen-bond acceptors (Lipinski definition) is 4. The highest BCUT2D eigenvalue weighted by atomic mass is 19.3. The van der Waals surface area contributed by atoms with Gasteiger partial charge in [0.05, 0.1) is 16.9 Å². The molecule has 0 spiro atoms. The fraction of sp³-hybridized carbons (Fsp3) is 0.529. The number of nitrogens with zero attached hydrogens (tertiary/aromatic N) is 1. The molecule has 1 aliphatic carbocycles. The van der Waals surface area contributed by atoms with Crippen molar-refractivity contribution in [2.75, 3.05) is 0 Å². The highest BCUT2D eigenvalue weighted by molar-refractivity contribution is 5.74. The molecule has 2 rings (SSSR count). The molecule has 142 valence electrons. The molecule has 0 unspecified atom stereocenters. The summed E-state index contributed by atoms with van der Waals surface area (Å²) in [6.07, 6.45) is 0.817. The summed E-state index contributed by atoms with van der Waals surface area (Å²) in [7, 11) is 0. The molecular weight excluding hydrogens is 358 g/mol. The van der Waals surface area contributed by atoms with E-state index in [4.69, 9.17) is 0 Å². The Bertz CT molecular complexity index is 709. The summed E-state index contributed by atoms with van der Waals surface area (Å²) < 4.78 is 58.4. The van der Waals surface area contributed by atoms with E-state index in [1.807, 2.05) is 0 Å². The Labute approximate surface area is 147 Å². The van der Waals surface area contributed by atoms with Crippen molar-refractivity contribution in [3.05, 3.63) is 23.8 Å². The molecule has 0 radical (unpaired) electrons. The molecule has 26 heavy (non-hydrogen) atoms. The highest BCUT2D eigenvalue weighted by Crippen LogP contribution is 2.48. The molecule has 0 atom stereocenters. The summed E-state index contributed by atoms with van der Waals surface area (Å²) in [6, 6.07) is 5.59. The lowest BCUT2D eigenvalue weighted by Crippen LogP contribution is -2.39. The van der Waals surface area contributed by atoms with E-state index in [0.29, 0.717) is 5.56 Å². The van der Waals surface area contributed by atoms with Crippen LogP contribution < -0.4 is 9.47 Å². The lowest BCUT2D eigenvalue weighted by Gasteiger charge is -2.39. The van der Waals surface area contributed by atoms with E-state index in [0.717, 1.165) is 12.1 Å². The monoisotopic (exact) mass is 375 g/mol. The van der Waals surface area contributed by atoms with Gasteiger partial charge in [0.15, 0.2) is 11.5 Å². The number of carboxylic acid groups (broad SMARTS) is 1. The molecule has 1 aliphatic rings. The number of ether oxygens (including phenoxy) is 2. The maximum Gasteiger partial charge on any atom is 0.387 e. The van der Waals surface area contributed by atoms with Crippen molar-refractivity contribution < 1.29 is 36.9 Å². The van der Waals surface area contributed by atoms with Crippen LogP contribution in [0.5, 0.6) is 11.5 Å². The van der Waals surface area contributed by atoms with Gasteiger partial charge in [-0.15, -0.1) is 0 Å². The van der Waals surface area contributed by atoms with Gasteiger partial charge in [-0.05, 0) is 50.3 Å². The van der Waals surface area contributed by atoms with Crippen molar-refractivity contribution in [3.63, 3.8) is 0 Å². The highest BCUT2D eigenvalue weighted by Gasteiger charge is 2.45. The summed E-state index contributed by atoms with van der Waals surface area (Å²) in [6.45, 7) is -4.90. The number of hydrogen-bond donors (Lipinski definition) is 1. The number of carboxylic acids is 1. The van der Waals surface area contributed by atoms with E-state index in [-0.39, 0.29) is 25.7 Å². The van der Waals surface area contributed by atoms with Gasteiger partial charge in [-0.2, -0.15) is 22.8 Å². The van der Waals surface area contributed by atoms with E-state index in [9.17, 15) is 32.7 Å². The minimum atomic E-state index is -3.26. The topological polar surface area (TPSA) is 79.5 Å². The molecule has 5 nitrogen and oxygen atoms in total. The van der Waals surface area contributed by atoms with E-state index in [1.54, 1.807) is 6.92 Å². The Kier molecular flexibility index (Phi) is 5.64. The second-order valence-corrected chi connectivity index (χ2v) is 6.48. The number of alkyl halides is 4. The fourth-order valence-electron chi connectivity index (χ4n) is 3.09. The quantitative estimate of drug-likeness (QED) is 0.750. The smallest absolute Gasteiger partial charge is 0.387 e. The van der Waals surface area contributed by atoms with Crippen LogP contribution in [0.3, 0.4) is 0 Å². The average Bonchev–Trinajstić information content (AvgIpc) is 2.56. The lowest BCUT2D eigenvalue weighted by molar-refractivity contribution is -0.150. The minimum absolute atomic E-state index is 0.190. The average molecular weight is 375 g/mol. The predicted molar refractivity (Wildman–Crippen MR) is 81.2 cm³/mol. The molecule has 1 fully saturated rings. The SMILES string of the molecule is C[C@]1(C(=O)O)CC[C@@](C#N)(c2ccc(OC(F)F)c(OC(F)F)c2)CC1. The van der Waals surface area contributed by atoms with Crippen molar-refractivity contribution in [3.8, 4) is 17.6 Å². The zero-order valence-corrected chi connectivity index (χ0v) is 13.8. The van der Waals surface area contributed by atoms with Crippen molar-refractivity contribution in [2.24, 2.45) is 5.41 Å². The van der Waals surface area contributed by atoms with Crippen LogP contribution in [0.4, 0.5) is 17.6 Å². The van der Waals surface area contributed by atoms with Crippen LogP contribution in [-0.2, 0) is 10.2 Å². The molecule has 0 amide bonds. The van der Waals surface area contributed by atoms with Crippen LogP contribution in [-0.4, -0.2) is 24.3 Å². The van der Waals surface area contributed by atoms with Gasteiger partial charge >= 0.3 is 19.2 Å². The molecule has 0 aliphatic heterocycles. The molecule has 1 aromatic carbocycles. The minimum Gasteiger partial charge on any atom is -0.481 e. The summed E-state index contributed by atoms with van der Waals surface area (Å²) in [4.78, 5) is 11.4. The third-order valence-corrected chi connectivity index (χ3v) is 4.87.